The van der Waals surface area contributed by atoms with Crippen molar-refractivity contribution in [1.82, 2.24) is 0 Å². The van der Waals surface area contributed by atoms with Crippen molar-refractivity contribution in [1.29, 1.82) is 0 Å². The lowest BCUT2D eigenvalue weighted by Gasteiger charge is -2.48. The molecule has 0 spiro atoms. The fourth-order valence-corrected chi connectivity index (χ4v) is 5.88. The molecule has 228 valence electrons. The number of rotatable bonds is 10. The maximum Gasteiger partial charge on any atom is 0.335 e. The first-order valence-electron chi connectivity index (χ1n) is 14.1. The first kappa shape index (κ1) is 30.7. The average Bonchev–Trinajstić information content (AvgIpc) is 3.01. The summed E-state index contributed by atoms with van der Waals surface area (Å²) in [6.45, 7) is -0.517. The van der Waals surface area contributed by atoms with Crippen LogP contribution in [-0.2, 0) is 16.0 Å². The number of carbonyl (C=O) groups is 2. The number of β-lactam (4-membered cyclic amide) rings is 1. The molecule has 11 heteroatoms. The van der Waals surface area contributed by atoms with Gasteiger partial charge in [-0.25, -0.2) is 9.18 Å². The molecule has 43 heavy (non-hydrogen) atoms. The molecule has 2 aliphatic rings. The zero-order valence-corrected chi connectivity index (χ0v) is 23.1. The van der Waals surface area contributed by atoms with Crippen molar-refractivity contribution in [2.75, 3.05) is 11.5 Å². The summed E-state index contributed by atoms with van der Waals surface area (Å²) in [6.07, 6.45) is -6.22. The van der Waals surface area contributed by atoms with Crippen LogP contribution in [0.25, 0.3) is 0 Å². The van der Waals surface area contributed by atoms with Crippen LogP contribution < -0.4 is 4.90 Å². The van der Waals surface area contributed by atoms with Gasteiger partial charge in [-0.15, -0.1) is 0 Å². The van der Waals surface area contributed by atoms with E-state index in [9.17, 15) is 44.6 Å². The monoisotopic (exact) mass is 595 g/mol. The Morgan fingerprint density at radius 1 is 0.884 bits per heavy atom. The number of hydrogen-bond acceptors (Lipinski definition) is 8. The Hall–Kier alpha value is -3.71. The van der Waals surface area contributed by atoms with E-state index in [1.165, 1.54) is 36.4 Å². The van der Waals surface area contributed by atoms with Crippen LogP contribution in [0.3, 0.4) is 0 Å². The van der Waals surface area contributed by atoms with Gasteiger partial charge in [-0.3, -0.25) is 4.79 Å². The van der Waals surface area contributed by atoms with Crippen molar-refractivity contribution in [2.24, 2.45) is 5.92 Å². The molecule has 2 heterocycles. The second-order valence-electron chi connectivity index (χ2n) is 11.1. The molecule has 0 radical (unpaired) electrons. The number of aliphatic hydroxyl groups excluding tert-OH is 5. The molecule has 0 bridgehead atoms. The van der Waals surface area contributed by atoms with Crippen LogP contribution in [0.5, 0.6) is 0 Å². The summed E-state index contributed by atoms with van der Waals surface area (Å²) in [6, 6.07) is 18.4. The van der Waals surface area contributed by atoms with E-state index in [1.807, 2.05) is 12.1 Å². The zero-order chi connectivity index (χ0) is 30.8. The van der Waals surface area contributed by atoms with Crippen molar-refractivity contribution in [2.45, 2.75) is 61.9 Å². The number of ether oxygens (including phenoxy) is 1. The first-order valence-corrected chi connectivity index (χ1v) is 14.1. The number of carboxylic acids is 1. The third-order valence-electron chi connectivity index (χ3n) is 8.36. The van der Waals surface area contributed by atoms with Crippen LogP contribution in [0.4, 0.5) is 10.1 Å². The topological polar surface area (TPSA) is 168 Å². The Balaban J connectivity index is 1.35. The van der Waals surface area contributed by atoms with Gasteiger partial charge in [0.1, 0.15) is 30.2 Å². The van der Waals surface area contributed by atoms with Gasteiger partial charge >= 0.3 is 5.97 Å². The second kappa shape index (κ2) is 12.9. The van der Waals surface area contributed by atoms with E-state index in [0.29, 0.717) is 17.7 Å². The van der Waals surface area contributed by atoms with Gasteiger partial charge in [0.2, 0.25) is 5.91 Å². The summed E-state index contributed by atoms with van der Waals surface area (Å²) >= 11 is 0. The average molecular weight is 596 g/mol. The van der Waals surface area contributed by atoms with E-state index in [1.54, 1.807) is 29.2 Å². The number of benzene rings is 3. The van der Waals surface area contributed by atoms with E-state index >= 15 is 0 Å². The van der Waals surface area contributed by atoms with Crippen LogP contribution in [0, 0.1) is 11.7 Å². The second-order valence-corrected chi connectivity index (χ2v) is 11.1. The zero-order valence-electron chi connectivity index (χ0n) is 23.1. The van der Waals surface area contributed by atoms with Crippen LogP contribution in [0.15, 0.2) is 72.8 Å². The lowest BCUT2D eigenvalue weighted by atomic mass is 9.78. The number of anilines is 1. The molecule has 2 saturated heterocycles. The van der Waals surface area contributed by atoms with E-state index in [-0.39, 0.29) is 24.3 Å². The Morgan fingerprint density at radius 3 is 2.12 bits per heavy atom. The Bertz CT molecular complexity index is 1410. The fourth-order valence-electron chi connectivity index (χ4n) is 5.88. The predicted octanol–water partition coefficient (Wildman–Crippen LogP) is 2.13. The largest absolute Gasteiger partial charge is 0.478 e. The van der Waals surface area contributed by atoms with Gasteiger partial charge in [-0.1, -0.05) is 36.4 Å². The van der Waals surface area contributed by atoms with Gasteiger partial charge in [-0.05, 0) is 65.9 Å². The Morgan fingerprint density at radius 2 is 1.51 bits per heavy atom. The fraction of sp³-hybridized carbons (Fsp3) is 0.375. The number of carbonyl (C=O) groups excluding carboxylic acids is 1. The van der Waals surface area contributed by atoms with Gasteiger partial charge in [-0.2, -0.15) is 0 Å². The molecule has 5 rings (SSSR count). The highest BCUT2D eigenvalue weighted by atomic mass is 19.1. The molecule has 6 N–H and O–H groups in total. The lowest BCUT2D eigenvalue weighted by molar-refractivity contribution is -0.228. The van der Waals surface area contributed by atoms with Crippen molar-refractivity contribution >= 4 is 17.6 Å². The molecule has 0 aromatic heterocycles. The summed E-state index contributed by atoms with van der Waals surface area (Å²) < 4.78 is 18.9. The summed E-state index contributed by atoms with van der Waals surface area (Å²) in [7, 11) is 0. The highest BCUT2D eigenvalue weighted by Gasteiger charge is 2.48. The maximum absolute atomic E-state index is 13.4. The van der Waals surface area contributed by atoms with E-state index in [0.717, 1.165) is 11.1 Å². The van der Waals surface area contributed by atoms with E-state index in [2.05, 4.69) is 0 Å². The summed E-state index contributed by atoms with van der Waals surface area (Å²) in [5.74, 6) is -2.15. The number of aromatic carboxylic acids is 1. The number of carboxylic acid groups (broad SMARTS) is 1. The molecule has 0 unspecified atom stereocenters. The minimum absolute atomic E-state index is 0.0878. The van der Waals surface area contributed by atoms with Gasteiger partial charge in [0.05, 0.1) is 36.3 Å². The lowest BCUT2D eigenvalue weighted by Crippen LogP contribution is -2.59. The van der Waals surface area contributed by atoms with Crippen molar-refractivity contribution in [3.63, 3.8) is 0 Å². The van der Waals surface area contributed by atoms with Crippen LogP contribution in [0.2, 0.25) is 0 Å². The van der Waals surface area contributed by atoms with Crippen LogP contribution in [-0.4, -0.2) is 79.6 Å². The molecule has 3 aromatic carbocycles. The summed E-state index contributed by atoms with van der Waals surface area (Å²) in [5, 5.41) is 60.0. The third kappa shape index (κ3) is 6.32. The number of amides is 1. The molecule has 0 aliphatic carbocycles. The molecule has 2 aliphatic heterocycles. The highest BCUT2D eigenvalue weighted by Crippen LogP contribution is 2.46. The smallest absolute Gasteiger partial charge is 0.335 e. The summed E-state index contributed by atoms with van der Waals surface area (Å²) in [5.41, 5.74) is 2.70. The van der Waals surface area contributed by atoms with E-state index < -0.39 is 67.0 Å². The minimum Gasteiger partial charge on any atom is -0.478 e. The van der Waals surface area contributed by atoms with Gasteiger partial charge in [0, 0.05) is 12.1 Å². The molecule has 0 saturated carbocycles. The molecule has 3 aromatic rings. The van der Waals surface area contributed by atoms with Gasteiger partial charge in [0.25, 0.3) is 0 Å². The summed E-state index contributed by atoms with van der Waals surface area (Å²) in [4.78, 5) is 26.3. The maximum atomic E-state index is 13.4. The predicted molar refractivity (Wildman–Crippen MR) is 152 cm³/mol. The molecular weight excluding hydrogens is 561 g/mol. The molecule has 2 fully saturated rings. The number of nitrogens with zero attached hydrogens (tertiary/aromatic N) is 1. The van der Waals surface area contributed by atoms with E-state index in [4.69, 9.17) is 4.74 Å². The Kier molecular flexibility index (Phi) is 9.21. The van der Waals surface area contributed by atoms with Crippen molar-refractivity contribution < 1.29 is 49.4 Å². The first-order chi connectivity index (χ1) is 20.6. The van der Waals surface area contributed by atoms with Crippen LogP contribution >= 0.6 is 0 Å². The standard InChI is InChI=1S/C32H34FNO9/c33-21-9-5-18(6-10-21)24(36)14-13-23-27(34(31(23)40)22-11-7-20(8-12-22)32(41)42)19-3-1-17(2-4-19)15-25-28(37)30(39)29(38)26(16-35)43-25/h1-12,23-30,35-39H,13-16H2,(H,41,42)/t23-,24+,25+,26-,27-,28-,29-,30-/m1/s1. The molecule has 8 atom stereocenters. The van der Waals surface area contributed by atoms with Gasteiger partial charge in [0.15, 0.2) is 0 Å². The van der Waals surface area contributed by atoms with Gasteiger partial charge < -0.3 is 40.3 Å². The van der Waals surface area contributed by atoms with Crippen LogP contribution in [0.1, 0.15) is 52.0 Å². The van der Waals surface area contributed by atoms with Crippen molar-refractivity contribution in [3.05, 3.63) is 101 Å². The quantitative estimate of drug-likeness (QED) is 0.192. The molecular formula is C32H34FNO9. The Labute approximate surface area is 247 Å². The SMILES string of the molecule is O=C(O)c1ccc(N2C(=O)[C@H](CC[C@H](O)c3ccc(F)cc3)[C@H]2c2ccc(C[C@@H]3O[C@H](CO)[C@@H](O)[C@H](O)[C@@H]3O)cc2)cc1. The molecule has 1 amide bonds. The number of halogens is 1. The third-order valence-corrected chi connectivity index (χ3v) is 8.36. The number of aliphatic hydroxyl groups is 5. The minimum atomic E-state index is -1.47. The highest BCUT2D eigenvalue weighted by molar-refractivity contribution is 6.03. The molecule has 10 nitrogen and oxygen atoms in total. The number of hydrogen-bond donors (Lipinski definition) is 6. The van der Waals surface area contributed by atoms with Crippen molar-refractivity contribution in [3.8, 4) is 0 Å². The normalized spacial score (nSPS) is 27.9.